The van der Waals surface area contributed by atoms with Gasteiger partial charge in [0, 0.05) is 13.2 Å². The van der Waals surface area contributed by atoms with Crippen molar-refractivity contribution in [1.29, 1.82) is 0 Å². The van der Waals surface area contributed by atoms with Gasteiger partial charge in [-0.05, 0) is 130 Å². The predicted octanol–water partition coefficient (Wildman–Crippen LogP) is 6.52. The van der Waals surface area contributed by atoms with Crippen LogP contribution < -0.4 is 0 Å². The minimum Gasteiger partial charge on any atom is -0.393 e. The van der Waals surface area contributed by atoms with Gasteiger partial charge < -0.3 is 14.9 Å². The lowest BCUT2D eigenvalue weighted by Crippen LogP contribution is -2.52. The van der Waals surface area contributed by atoms with E-state index in [1.165, 1.54) is 44.9 Å². The molecule has 188 valence electrons. The first-order valence-electron chi connectivity index (χ1n) is 14.3. The Kier molecular flexibility index (Phi) is 6.58. The highest BCUT2D eigenvalue weighted by Crippen LogP contribution is 2.67. The van der Waals surface area contributed by atoms with Gasteiger partial charge in [-0.1, -0.05) is 32.4 Å². The van der Waals surface area contributed by atoms with Crippen molar-refractivity contribution in [1.82, 2.24) is 0 Å². The van der Waals surface area contributed by atoms with E-state index in [2.05, 4.69) is 26.8 Å². The zero-order valence-electron chi connectivity index (χ0n) is 21.8. The molecule has 0 bridgehead atoms. The Morgan fingerprint density at radius 1 is 0.970 bits per heavy atom. The molecule has 2 N–H and O–H groups in total. The topological polar surface area (TPSA) is 49.7 Å². The lowest BCUT2D eigenvalue weighted by atomic mass is 9.46. The summed E-state index contributed by atoms with van der Waals surface area (Å²) in [5.74, 6) is 4.49. The van der Waals surface area contributed by atoms with Crippen LogP contribution in [-0.2, 0) is 4.74 Å². The molecule has 0 aromatic carbocycles. The van der Waals surface area contributed by atoms with Crippen LogP contribution in [0.1, 0.15) is 105 Å². The Morgan fingerprint density at radius 2 is 1.73 bits per heavy atom. The zero-order valence-corrected chi connectivity index (χ0v) is 21.8. The molecule has 1 saturated heterocycles. The van der Waals surface area contributed by atoms with Crippen molar-refractivity contribution in [3.8, 4) is 0 Å². The first-order valence-corrected chi connectivity index (χ1v) is 14.3. The van der Waals surface area contributed by atoms with Crippen LogP contribution >= 0.6 is 0 Å². The maximum absolute atomic E-state index is 10.8. The Hall–Kier alpha value is -0.380. The molecule has 0 radical (unpaired) electrons. The summed E-state index contributed by atoms with van der Waals surface area (Å²) in [5.41, 5.74) is 1.88. The third-order valence-corrected chi connectivity index (χ3v) is 11.9. The van der Waals surface area contributed by atoms with E-state index < -0.39 is 5.60 Å². The lowest BCUT2D eigenvalue weighted by Gasteiger charge is -2.59. The minimum atomic E-state index is -0.496. The molecule has 0 aromatic rings. The van der Waals surface area contributed by atoms with Crippen LogP contribution in [0.2, 0.25) is 0 Å². The summed E-state index contributed by atoms with van der Waals surface area (Å²) in [4.78, 5) is 0. The molecule has 3 nitrogen and oxygen atoms in total. The highest BCUT2D eigenvalue weighted by atomic mass is 16.5. The molecule has 1 aliphatic heterocycles. The Labute approximate surface area is 202 Å². The molecule has 4 fully saturated rings. The van der Waals surface area contributed by atoms with Gasteiger partial charge in [0.15, 0.2) is 0 Å². The fourth-order valence-corrected chi connectivity index (χ4v) is 9.75. The number of fused-ring (bicyclic) bond motifs is 5. The average molecular weight is 459 g/mol. The molecule has 3 saturated carbocycles. The normalized spacial score (nSPS) is 47.8. The van der Waals surface area contributed by atoms with Gasteiger partial charge in [0.25, 0.3) is 0 Å². The molecule has 4 aliphatic carbocycles. The SMILES string of the molecule is C[C@H](CCC(O)C1CCOCC1)[C@H]1CC[C@H]2[C@@H]3CC=C4C[C@@](C)(O)CC[C@]4(C)[C@H]3CC[C@]12C. The Morgan fingerprint density at radius 3 is 2.48 bits per heavy atom. The van der Waals surface area contributed by atoms with E-state index in [0.29, 0.717) is 22.7 Å². The van der Waals surface area contributed by atoms with E-state index in [1.54, 1.807) is 5.57 Å². The number of hydrogen-bond donors (Lipinski definition) is 2. The van der Waals surface area contributed by atoms with Gasteiger partial charge in [-0.2, -0.15) is 0 Å². The van der Waals surface area contributed by atoms with Crippen LogP contribution in [0.3, 0.4) is 0 Å². The smallest absolute Gasteiger partial charge is 0.0657 e. The van der Waals surface area contributed by atoms with Gasteiger partial charge in [-0.3, -0.25) is 0 Å². The molecule has 5 rings (SSSR count). The molecule has 0 amide bonds. The monoisotopic (exact) mass is 458 g/mol. The zero-order chi connectivity index (χ0) is 23.4. The summed E-state index contributed by atoms with van der Waals surface area (Å²) < 4.78 is 5.50. The number of aliphatic hydroxyl groups excluding tert-OH is 1. The second-order valence-corrected chi connectivity index (χ2v) is 13.7. The van der Waals surface area contributed by atoms with Gasteiger partial charge >= 0.3 is 0 Å². The molecular formula is C30H50O3. The number of aliphatic hydroxyl groups is 2. The molecule has 1 unspecified atom stereocenters. The lowest BCUT2D eigenvalue weighted by molar-refractivity contribution is -0.0713. The van der Waals surface area contributed by atoms with Gasteiger partial charge in [0.05, 0.1) is 11.7 Å². The van der Waals surface area contributed by atoms with Gasteiger partial charge in [-0.15, -0.1) is 0 Å². The number of hydrogen-bond acceptors (Lipinski definition) is 3. The van der Waals surface area contributed by atoms with Crippen molar-refractivity contribution >= 4 is 0 Å². The fraction of sp³-hybridized carbons (Fsp3) is 0.933. The standard InChI is InChI=1S/C30H50O3/c1-20(5-10-27(31)21-12-17-33-18-13-21)24-8-9-25-23-7-6-22-19-28(2,32)15-16-29(22,3)26(23)11-14-30(24,25)4/h6,20-21,23-27,31-32H,5,7-19H2,1-4H3/t20-,23+,24-,25+,26+,27?,28+,29+,30-/m1/s1. The van der Waals surface area contributed by atoms with Gasteiger partial charge in [-0.25, -0.2) is 0 Å². The van der Waals surface area contributed by atoms with Crippen molar-refractivity contribution in [2.24, 2.45) is 46.3 Å². The average Bonchev–Trinajstić information content (AvgIpc) is 3.15. The summed E-state index contributed by atoms with van der Waals surface area (Å²) in [6.07, 6.45) is 16.5. The summed E-state index contributed by atoms with van der Waals surface area (Å²) in [7, 11) is 0. The number of ether oxygens (including phenoxy) is 1. The molecule has 9 atom stereocenters. The predicted molar refractivity (Wildman–Crippen MR) is 134 cm³/mol. The van der Waals surface area contributed by atoms with Gasteiger partial charge in [0.2, 0.25) is 0 Å². The third kappa shape index (κ3) is 4.27. The largest absolute Gasteiger partial charge is 0.393 e. The maximum atomic E-state index is 10.8. The van der Waals surface area contributed by atoms with Crippen LogP contribution in [0.15, 0.2) is 11.6 Å². The van der Waals surface area contributed by atoms with E-state index in [9.17, 15) is 10.2 Å². The number of rotatable bonds is 5. The molecule has 5 aliphatic rings. The molecular weight excluding hydrogens is 408 g/mol. The van der Waals surface area contributed by atoms with Crippen molar-refractivity contribution in [2.45, 2.75) is 116 Å². The van der Waals surface area contributed by atoms with Gasteiger partial charge in [0.1, 0.15) is 0 Å². The van der Waals surface area contributed by atoms with E-state index in [4.69, 9.17) is 4.74 Å². The molecule has 3 heteroatoms. The van der Waals surface area contributed by atoms with Crippen molar-refractivity contribution < 1.29 is 14.9 Å². The summed E-state index contributed by atoms with van der Waals surface area (Å²) in [6.45, 7) is 11.4. The molecule has 1 heterocycles. The molecule has 0 spiro atoms. The third-order valence-electron chi connectivity index (χ3n) is 11.9. The van der Waals surface area contributed by atoms with Crippen LogP contribution in [0, 0.1) is 46.3 Å². The van der Waals surface area contributed by atoms with Crippen LogP contribution in [-0.4, -0.2) is 35.1 Å². The second-order valence-electron chi connectivity index (χ2n) is 13.7. The van der Waals surface area contributed by atoms with Crippen LogP contribution in [0.5, 0.6) is 0 Å². The van der Waals surface area contributed by atoms with Crippen LogP contribution in [0.25, 0.3) is 0 Å². The van der Waals surface area contributed by atoms with Crippen LogP contribution in [0.4, 0.5) is 0 Å². The highest BCUT2D eigenvalue weighted by Gasteiger charge is 2.59. The Bertz CT molecular complexity index is 737. The number of allylic oxidation sites excluding steroid dienone is 1. The fourth-order valence-electron chi connectivity index (χ4n) is 9.75. The Balaban J connectivity index is 1.25. The highest BCUT2D eigenvalue weighted by molar-refractivity contribution is 5.26. The molecule has 0 aromatic heterocycles. The van der Waals surface area contributed by atoms with Crippen molar-refractivity contribution in [3.05, 3.63) is 11.6 Å². The molecule has 33 heavy (non-hydrogen) atoms. The van der Waals surface area contributed by atoms with Crippen molar-refractivity contribution in [3.63, 3.8) is 0 Å². The van der Waals surface area contributed by atoms with Crippen molar-refractivity contribution in [2.75, 3.05) is 13.2 Å². The summed E-state index contributed by atoms with van der Waals surface area (Å²) in [6, 6.07) is 0. The quantitative estimate of drug-likeness (QED) is 0.461. The van der Waals surface area contributed by atoms with E-state index >= 15 is 0 Å². The maximum Gasteiger partial charge on any atom is 0.0657 e. The summed E-state index contributed by atoms with van der Waals surface area (Å²) >= 11 is 0. The van der Waals surface area contributed by atoms with E-state index in [0.717, 1.165) is 69.0 Å². The van der Waals surface area contributed by atoms with E-state index in [-0.39, 0.29) is 6.10 Å². The summed E-state index contributed by atoms with van der Waals surface area (Å²) in [5, 5.41) is 21.5. The second kappa shape index (κ2) is 8.93. The minimum absolute atomic E-state index is 0.137. The van der Waals surface area contributed by atoms with E-state index in [1.807, 2.05) is 6.92 Å². The first-order chi connectivity index (χ1) is 15.6. The first kappa shape index (κ1) is 24.3.